The van der Waals surface area contributed by atoms with Gasteiger partial charge >= 0.3 is 17.9 Å². The fourth-order valence-corrected chi connectivity index (χ4v) is 9.27. The largest absolute Gasteiger partial charge is 0.462 e. The lowest BCUT2D eigenvalue weighted by atomic mass is 10.1. The molecule has 0 aliphatic heterocycles. The van der Waals surface area contributed by atoms with Crippen molar-refractivity contribution in [2.24, 2.45) is 0 Å². The van der Waals surface area contributed by atoms with Gasteiger partial charge in [-0.05, 0) is 122 Å². The van der Waals surface area contributed by atoms with E-state index in [9.17, 15) is 14.4 Å². The van der Waals surface area contributed by atoms with E-state index in [-0.39, 0.29) is 31.1 Å². The number of carbonyl (C=O) groups is 3. The number of allylic oxidation sites excluding steroid dienone is 24. The van der Waals surface area contributed by atoms with Gasteiger partial charge in [0.25, 0.3) is 0 Å². The number of rotatable bonds is 61. The van der Waals surface area contributed by atoms with Crippen molar-refractivity contribution in [3.63, 3.8) is 0 Å². The van der Waals surface area contributed by atoms with E-state index < -0.39 is 6.10 Å². The number of unbranched alkanes of at least 4 members (excludes halogenated alkanes) is 26. The second-order valence-corrected chi connectivity index (χ2v) is 22.3. The van der Waals surface area contributed by atoms with Crippen LogP contribution in [0.25, 0.3) is 0 Å². The highest BCUT2D eigenvalue weighted by Gasteiger charge is 2.19. The summed E-state index contributed by atoms with van der Waals surface area (Å²) < 4.78 is 16.9. The van der Waals surface area contributed by atoms with Gasteiger partial charge in [-0.25, -0.2) is 0 Å². The molecule has 0 rings (SSSR count). The molecule has 0 heterocycles. The Balaban J connectivity index is 4.32. The summed E-state index contributed by atoms with van der Waals surface area (Å²) in [6.45, 7) is 6.41. The smallest absolute Gasteiger partial charge is 0.306 e. The Labute approximate surface area is 512 Å². The van der Waals surface area contributed by atoms with Crippen molar-refractivity contribution >= 4 is 17.9 Å². The Morgan fingerprint density at radius 3 is 0.735 bits per heavy atom. The monoisotopic (exact) mass is 1150 g/mol. The van der Waals surface area contributed by atoms with Gasteiger partial charge in [0, 0.05) is 19.3 Å². The Morgan fingerprint density at radius 1 is 0.253 bits per heavy atom. The van der Waals surface area contributed by atoms with Gasteiger partial charge in [0.05, 0.1) is 0 Å². The quantitative estimate of drug-likeness (QED) is 0.0261. The summed E-state index contributed by atoms with van der Waals surface area (Å²) in [4.78, 5) is 38.4. The molecule has 0 saturated carbocycles. The number of esters is 3. The minimum Gasteiger partial charge on any atom is -0.462 e. The van der Waals surface area contributed by atoms with Crippen LogP contribution in [0.4, 0.5) is 0 Å². The first kappa shape index (κ1) is 78.3. The second kappa shape index (κ2) is 69.8. The molecule has 0 aromatic rings. The zero-order valence-corrected chi connectivity index (χ0v) is 53.9. The summed E-state index contributed by atoms with van der Waals surface area (Å²) in [5.41, 5.74) is 0. The molecular weight excluding hydrogens is 1020 g/mol. The van der Waals surface area contributed by atoms with E-state index in [1.165, 1.54) is 116 Å². The van der Waals surface area contributed by atoms with Crippen LogP contribution in [-0.4, -0.2) is 37.2 Å². The van der Waals surface area contributed by atoms with Gasteiger partial charge in [-0.3, -0.25) is 14.4 Å². The van der Waals surface area contributed by atoms with E-state index >= 15 is 0 Å². The molecule has 6 nitrogen and oxygen atoms in total. The average Bonchev–Trinajstić information content (AvgIpc) is 3.48. The number of hydrogen-bond acceptors (Lipinski definition) is 6. The molecule has 0 aliphatic rings. The predicted octanol–water partition coefficient (Wildman–Crippen LogP) is 23.9. The number of ether oxygens (including phenoxy) is 3. The molecule has 0 spiro atoms. The molecule has 1 unspecified atom stereocenters. The van der Waals surface area contributed by atoms with Gasteiger partial charge in [0.2, 0.25) is 0 Å². The van der Waals surface area contributed by atoms with Crippen molar-refractivity contribution in [1.82, 2.24) is 0 Å². The normalized spacial score (nSPS) is 13.0. The highest BCUT2D eigenvalue weighted by molar-refractivity contribution is 5.71. The van der Waals surface area contributed by atoms with Crippen molar-refractivity contribution in [2.75, 3.05) is 13.2 Å². The summed E-state index contributed by atoms with van der Waals surface area (Å²) >= 11 is 0. The molecular formula is C77H126O6. The molecule has 6 heteroatoms. The van der Waals surface area contributed by atoms with E-state index in [0.29, 0.717) is 19.3 Å². The summed E-state index contributed by atoms with van der Waals surface area (Å²) in [5, 5.41) is 0. The Morgan fingerprint density at radius 2 is 0.470 bits per heavy atom. The average molecular weight is 1150 g/mol. The van der Waals surface area contributed by atoms with Gasteiger partial charge in [-0.1, -0.05) is 308 Å². The van der Waals surface area contributed by atoms with E-state index in [0.717, 1.165) is 148 Å². The predicted molar refractivity (Wildman–Crippen MR) is 362 cm³/mol. The molecule has 0 aromatic carbocycles. The van der Waals surface area contributed by atoms with Crippen LogP contribution in [-0.2, 0) is 28.6 Å². The maximum absolute atomic E-state index is 12.9. The van der Waals surface area contributed by atoms with Crippen LogP contribution in [0.15, 0.2) is 146 Å². The second-order valence-electron chi connectivity index (χ2n) is 22.3. The molecule has 0 fully saturated rings. The lowest BCUT2D eigenvalue weighted by Gasteiger charge is -2.18. The molecule has 1 atom stereocenters. The van der Waals surface area contributed by atoms with Crippen LogP contribution in [0, 0.1) is 0 Å². The highest BCUT2D eigenvalue weighted by Crippen LogP contribution is 2.16. The van der Waals surface area contributed by atoms with Crippen molar-refractivity contribution in [1.29, 1.82) is 0 Å². The van der Waals surface area contributed by atoms with Crippen LogP contribution in [0.3, 0.4) is 0 Å². The zero-order chi connectivity index (χ0) is 59.9. The Hall–Kier alpha value is -4.71. The zero-order valence-electron chi connectivity index (χ0n) is 53.9. The van der Waals surface area contributed by atoms with E-state index in [1.54, 1.807) is 0 Å². The molecule has 0 bridgehead atoms. The Bertz CT molecular complexity index is 1800. The van der Waals surface area contributed by atoms with E-state index in [1.807, 2.05) is 0 Å². The number of hydrogen-bond donors (Lipinski definition) is 0. The van der Waals surface area contributed by atoms with Crippen molar-refractivity contribution in [2.45, 2.75) is 309 Å². The first-order valence-electron chi connectivity index (χ1n) is 34.3. The number of carbonyl (C=O) groups excluding carboxylic acids is 3. The summed E-state index contributed by atoms with van der Waals surface area (Å²) in [6, 6.07) is 0. The highest BCUT2D eigenvalue weighted by atomic mass is 16.6. The molecule has 0 aliphatic carbocycles. The maximum Gasteiger partial charge on any atom is 0.306 e. The SMILES string of the molecule is CC/C=C\C/C=C\C/C=C\C/C=C\C/C=C\C/C=C\C/C=C\CCCCCCCCCC(=O)OCC(COC(=O)CCCCCCCCCCCCC)OC(=O)CCCCCCCCCCC/C=C\C/C=C\C/C=C\C/C=C\C/C=C\CC. The lowest BCUT2D eigenvalue weighted by molar-refractivity contribution is -0.167. The van der Waals surface area contributed by atoms with Crippen molar-refractivity contribution < 1.29 is 28.6 Å². The third-order valence-electron chi connectivity index (χ3n) is 14.3. The van der Waals surface area contributed by atoms with Gasteiger partial charge in [-0.2, -0.15) is 0 Å². The standard InChI is InChI=1S/C77H126O6/c1-4-7-10-13-16-19-22-24-26-28-30-32-34-36-37-38-39-41-42-44-46-48-50-52-55-58-61-64-67-70-76(79)82-73-74(72-81-75(78)69-66-63-60-57-54-21-18-15-12-9-6-3)83-77(80)71-68-65-62-59-56-53-51-49-47-45-43-40-35-33-31-29-27-25-23-20-17-14-11-8-5-2/h7-8,10-11,16-17,19-20,24-27,30-33,36-37,39-41,43-44,46,74H,4-6,9,12-15,18,21-23,28-29,34-35,38,42,45,47-73H2,1-3H3/b10-7-,11-8-,19-16-,20-17-,26-24-,27-25-,32-30-,33-31-,37-36-,41-39-,43-40-,46-44-. The van der Waals surface area contributed by atoms with Crippen LogP contribution in [0.1, 0.15) is 303 Å². The van der Waals surface area contributed by atoms with Gasteiger partial charge in [0.15, 0.2) is 6.10 Å². The molecule has 0 amide bonds. The van der Waals surface area contributed by atoms with Gasteiger partial charge in [-0.15, -0.1) is 0 Å². The van der Waals surface area contributed by atoms with Gasteiger partial charge in [0.1, 0.15) is 13.2 Å². The van der Waals surface area contributed by atoms with E-state index in [2.05, 4.69) is 167 Å². The van der Waals surface area contributed by atoms with E-state index in [4.69, 9.17) is 14.2 Å². The fourth-order valence-electron chi connectivity index (χ4n) is 9.27. The summed E-state index contributed by atoms with van der Waals surface area (Å²) in [7, 11) is 0. The fraction of sp³-hybridized carbons (Fsp3) is 0.649. The minimum absolute atomic E-state index is 0.0858. The van der Waals surface area contributed by atoms with Crippen LogP contribution in [0.2, 0.25) is 0 Å². The Kier molecular flexibility index (Phi) is 65.8. The lowest BCUT2D eigenvalue weighted by Crippen LogP contribution is -2.30. The van der Waals surface area contributed by atoms with Crippen LogP contribution >= 0.6 is 0 Å². The molecule has 0 saturated heterocycles. The first-order valence-corrected chi connectivity index (χ1v) is 34.3. The summed E-state index contributed by atoms with van der Waals surface area (Å²) in [6.07, 6.45) is 100. The van der Waals surface area contributed by atoms with Gasteiger partial charge < -0.3 is 14.2 Å². The van der Waals surface area contributed by atoms with Crippen LogP contribution in [0.5, 0.6) is 0 Å². The first-order chi connectivity index (χ1) is 41.0. The van der Waals surface area contributed by atoms with Crippen molar-refractivity contribution in [3.05, 3.63) is 146 Å². The maximum atomic E-state index is 12.9. The topological polar surface area (TPSA) is 78.9 Å². The molecule has 0 radical (unpaired) electrons. The van der Waals surface area contributed by atoms with Crippen molar-refractivity contribution in [3.8, 4) is 0 Å². The molecule has 0 N–H and O–H groups in total. The molecule has 470 valence electrons. The molecule has 83 heavy (non-hydrogen) atoms. The third-order valence-corrected chi connectivity index (χ3v) is 14.3. The molecule has 0 aromatic heterocycles. The van der Waals surface area contributed by atoms with Crippen LogP contribution < -0.4 is 0 Å². The minimum atomic E-state index is -0.791. The third kappa shape index (κ3) is 68.0. The summed E-state index contributed by atoms with van der Waals surface area (Å²) in [5.74, 6) is -0.900.